The summed E-state index contributed by atoms with van der Waals surface area (Å²) >= 11 is 0. The van der Waals surface area contributed by atoms with Gasteiger partial charge in [-0.15, -0.1) is 0 Å². The zero-order valence-electron chi connectivity index (χ0n) is 10.3. The van der Waals surface area contributed by atoms with E-state index in [0.717, 1.165) is 0 Å². The molecule has 0 aromatic carbocycles. The maximum absolute atomic E-state index is 13.8. The zero-order valence-corrected chi connectivity index (χ0v) is 10.3. The highest BCUT2D eigenvalue weighted by Gasteiger charge is 2.20. The fraction of sp³-hybridized carbons (Fsp3) is 0.231. The van der Waals surface area contributed by atoms with E-state index in [0.29, 0.717) is 12.2 Å². The second-order valence-electron chi connectivity index (χ2n) is 3.99. The van der Waals surface area contributed by atoms with Crippen LogP contribution >= 0.6 is 0 Å². The van der Waals surface area contributed by atoms with Crippen molar-refractivity contribution in [1.29, 1.82) is 0 Å². The molecule has 1 heterocycles. The van der Waals surface area contributed by atoms with Gasteiger partial charge >= 0.3 is 0 Å². The summed E-state index contributed by atoms with van der Waals surface area (Å²) in [5, 5.41) is 4.80. The maximum Gasteiger partial charge on any atom is 0.268 e. The van der Waals surface area contributed by atoms with Gasteiger partial charge in [-0.05, 0) is 30.7 Å². The number of piperazine rings is 1. The Labute approximate surface area is 109 Å². The fourth-order valence-electron chi connectivity index (χ4n) is 1.69. The van der Waals surface area contributed by atoms with Crippen LogP contribution in [0.1, 0.15) is 6.42 Å². The molecule has 0 spiro atoms. The smallest absolute Gasteiger partial charge is 0.268 e. The van der Waals surface area contributed by atoms with E-state index in [1.807, 2.05) is 0 Å². The molecular formula is C13H13FN2O3. The van der Waals surface area contributed by atoms with Gasteiger partial charge in [-0.3, -0.25) is 9.59 Å². The third kappa shape index (κ3) is 3.09. The first-order valence-corrected chi connectivity index (χ1v) is 5.72. The first kappa shape index (κ1) is 13.1. The zero-order chi connectivity index (χ0) is 13.8. The molecule has 5 nitrogen and oxygen atoms in total. The number of carbonyl (C=O) groups is 2. The van der Waals surface area contributed by atoms with Crippen LogP contribution in [0.25, 0.3) is 0 Å². The minimum atomic E-state index is -0.469. The molecule has 1 aliphatic carbocycles. The van der Waals surface area contributed by atoms with Crippen molar-refractivity contribution in [2.24, 2.45) is 0 Å². The molecular weight excluding hydrogens is 251 g/mol. The van der Waals surface area contributed by atoms with Gasteiger partial charge in [0, 0.05) is 5.57 Å². The number of rotatable bonds is 2. The molecule has 2 amide bonds. The number of hydrogen-bond acceptors (Lipinski definition) is 3. The summed E-state index contributed by atoms with van der Waals surface area (Å²) in [5.74, 6) is -0.755. The summed E-state index contributed by atoms with van der Waals surface area (Å²) in [4.78, 5) is 22.7. The number of nitrogens with one attached hydrogen (secondary N) is 2. The molecule has 19 heavy (non-hydrogen) atoms. The van der Waals surface area contributed by atoms with Gasteiger partial charge in [0.1, 0.15) is 17.3 Å². The highest BCUT2D eigenvalue weighted by atomic mass is 19.1. The van der Waals surface area contributed by atoms with Gasteiger partial charge in [0.05, 0.1) is 13.7 Å². The van der Waals surface area contributed by atoms with E-state index in [4.69, 9.17) is 4.74 Å². The van der Waals surface area contributed by atoms with Gasteiger partial charge in [0.25, 0.3) is 5.91 Å². The number of amides is 2. The van der Waals surface area contributed by atoms with Crippen LogP contribution in [-0.2, 0) is 14.3 Å². The molecule has 2 rings (SSSR count). The predicted molar refractivity (Wildman–Crippen MR) is 66.2 cm³/mol. The van der Waals surface area contributed by atoms with Crippen molar-refractivity contribution in [1.82, 2.24) is 10.6 Å². The number of allylic oxidation sites excluding steroid dienone is 6. The van der Waals surface area contributed by atoms with Crippen molar-refractivity contribution < 1.29 is 18.7 Å². The van der Waals surface area contributed by atoms with Gasteiger partial charge in [0.2, 0.25) is 5.91 Å². The Hall–Kier alpha value is -2.37. The Morgan fingerprint density at radius 2 is 2.16 bits per heavy atom. The van der Waals surface area contributed by atoms with Crippen LogP contribution in [0.2, 0.25) is 0 Å². The lowest BCUT2D eigenvalue weighted by molar-refractivity contribution is -0.127. The maximum atomic E-state index is 13.8. The van der Waals surface area contributed by atoms with E-state index in [1.54, 1.807) is 6.08 Å². The van der Waals surface area contributed by atoms with Crippen molar-refractivity contribution in [2.45, 2.75) is 6.42 Å². The molecule has 1 fully saturated rings. The van der Waals surface area contributed by atoms with Crippen LogP contribution < -0.4 is 10.6 Å². The Morgan fingerprint density at radius 1 is 1.37 bits per heavy atom. The average Bonchev–Trinajstić information content (AvgIpc) is 2.56. The fourth-order valence-corrected chi connectivity index (χ4v) is 1.69. The van der Waals surface area contributed by atoms with Crippen LogP contribution in [0.4, 0.5) is 4.39 Å². The van der Waals surface area contributed by atoms with Crippen LogP contribution in [0.3, 0.4) is 0 Å². The molecule has 0 radical (unpaired) electrons. The normalized spacial score (nSPS) is 21.8. The first-order chi connectivity index (χ1) is 9.10. The molecule has 0 unspecified atom stereocenters. The van der Waals surface area contributed by atoms with Crippen LogP contribution in [0.15, 0.2) is 47.2 Å². The minimum Gasteiger partial charge on any atom is -0.497 e. The molecule has 2 N–H and O–H groups in total. The molecule has 2 aliphatic rings. The van der Waals surface area contributed by atoms with E-state index in [2.05, 4.69) is 10.6 Å². The van der Waals surface area contributed by atoms with Crippen molar-refractivity contribution >= 4 is 11.8 Å². The highest BCUT2D eigenvalue weighted by molar-refractivity contribution is 6.03. The first-order valence-electron chi connectivity index (χ1n) is 5.72. The largest absolute Gasteiger partial charge is 0.497 e. The van der Waals surface area contributed by atoms with Crippen molar-refractivity contribution in [2.75, 3.05) is 13.7 Å². The van der Waals surface area contributed by atoms with E-state index in [9.17, 15) is 14.0 Å². The van der Waals surface area contributed by atoms with Gasteiger partial charge in [-0.25, -0.2) is 4.39 Å². The molecule has 100 valence electrons. The number of hydrogen-bond donors (Lipinski definition) is 2. The molecule has 1 aliphatic heterocycles. The van der Waals surface area contributed by atoms with Gasteiger partial charge in [-0.1, -0.05) is 0 Å². The molecule has 6 heteroatoms. The molecule has 0 aromatic heterocycles. The van der Waals surface area contributed by atoms with Crippen LogP contribution in [0, 0.1) is 0 Å². The summed E-state index contributed by atoms with van der Waals surface area (Å²) in [6, 6.07) is 0. The Kier molecular flexibility index (Phi) is 3.79. The molecule has 0 atom stereocenters. The highest BCUT2D eigenvalue weighted by Crippen LogP contribution is 2.22. The van der Waals surface area contributed by atoms with Crippen LogP contribution in [-0.4, -0.2) is 25.5 Å². The van der Waals surface area contributed by atoms with Crippen LogP contribution in [0.5, 0.6) is 0 Å². The van der Waals surface area contributed by atoms with Gasteiger partial charge in [0.15, 0.2) is 0 Å². The summed E-state index contributed by atoms with van der Waals surface area (Å²) in [7, 11) is 1.48. The lowest BCUT2D eigenvalue weighted by Gasteiger charge is -2.16. The Balaban J connectivity index is 2.33. The SMILES string of the molecule is COC1=CCC=C(F)C(/C=C2\NC(=O)CNC2=O)=C1. The van der Waals surface area contributed by atoms with E-state index < -0.39 is 11.7 Å². The summed E-state index contributed by atoms with van der Waals surface area (Å²) in [6.07, 6.45) is 6.25. The minimum absolute atomic E-state index is 0.0170. The Bertz CT molecular complexity index is 544. The summed E-state index contributed by atoms with van der Waals surface area (Å²) in [5.41, 5.74) is 0.196. The standard InChI is InChI=1S/C13H13FN2O3/c1-19-9-3-2-4-10(14)8(5-9)6-11-13(18)15-7-12(17)16-11/h3-6H,2,7H2,1H3,(H,15,18)(H,16,17)/b11-6-. The number of halogens is 1. The third-order valence-electron chi connectivity index (χ3n) is 2.65. The third-order valence-corrected chi connectivity index (χ3v) is 2.65. The van der Waals surface area contributed by atoms with E-state index >= 15 is 0 Å². The molecule has 0 aromatic rings. The second-order valence-corrected chi connectivity index (χ2v) is 3.99. The summed E-state index contributed by atoms with van der Waals surface area (Å²) < 4.78 is 18.9. The molecule has 1 saturated heterocycles. The van der Waals surface area contributed by atoms with E-state index in [-0.39, 0.29) is 23.7 Å². The quantitative estimate of drug-likeness (QED) is 0.726. The lowest BCUT2D eigenvalue weighted by Crippen LogP contribution is -2.47. The Morgan fingerprint density at radius 3 is 2.89 bits per heavy atom. The number of carbonyl (C=O) groups excluding carboxylic acids is 2. The molecule has 0 bridgehead atoms. The second kappa shape index (κ2) is 5.51. The van der Waals surface area contributed by atoms with E-state index in [1.165, 1.54) is 25.3 Å². The monoisotopic (exact) mass is 264 g/mol. The average molecular weight is 264 g/mol. The van der Waals surface area contributed by atoms with Crippen molar-refractivity contribution in [3.8, 4) is 0 Å². The number of methoxy groups -OCH3 is 1. The van der Waals surface area contributed by atoms with Gasteiger partial charge < -0.3 is 15.4 Å². The van der Waals surface area contributed by atoms with Crippen molar-refractivity contribution in [3.63, 3.8) is 0 Å². The number of ether oxygens (including phenoxy) is 1. The topological polar surface area (TPSA) is 67.4 Å². The van der Waals surface area contributed by atoms with Crippen molar-refractivity contribution in [3.05, 3.63) is 47.2 Å². The predicted octanol–water partition coefficient (Wildman–Crippen LogP) is 0.830. The molecule has 0 saturated carbocycles. The summed E-state index contributed by atoms with van der Waals surface area (Å²) in [6.45, 7) is -0.0727. The lowest BCUT2D eigenvalue weighted by atomic mass is 10.1. The van der Waals surface area contributed by atoms with Gasteiger partial charge in [-0.2, -0.15) is 0 Å².